The van der Waals surface area contributed by atoms with Crippen molar-refractivity contribution in [2.75, 3.05) is 26.7 Å². The summed E-state index contributed by atoms with van der Waals surface area (Å²) in [7, 11) is 1.52. The van der Waals surface area contributed by atoms with E-state index in [0.29, 0.717) is 19.5 Å². The van der Waals surface area contributed by atoms with Gasteiger partial charge >= 0.3 is 11.9 Å². The van der Waals surface area contributed by atoms with Gasteiger partial charge in [-0.2, -0.15) is 8.78 Å². The molecule has 1 fully saturated rings. The Bertz CT molecular complexity index is 223. The fraction of sp³-hybridized carbons (Fsp3) is 0.875. The van der Waals surface area contributed by atoms with Crippen LogP contribution in [0.5, 0.6) is 0 Å². The van der Waals surface area contributed by atoms with Gasteiger partial charge in [0, 0.05) is 20.2 Å². The number of carboxylic acids is 1. The molecule has 0 aliphatic carbocycles. The SMILES string of the molecule is CO[C@@H]1CCN(CC(F)(F)C(=O)O)C1. The lowest BCUT2D eigenvalue weighted by Crippen LogP contribution is -2.41. The first-order chi connectivity index (χ1) is 6.45. The molecule has 1 saturated heterocycles. The van der Waals surface area contributed by atoms with E-state index in [4.69, 9.17) is 9.84 Å². The number of methoxy groups -OCH3 is 1. The van der Waals surface area contributed by atoms with E-state index in [1.54, 1.807) is 0 Å². The number of rotatable bonds is 4. The number of likely N-dealkylation sites (tertiary alicyclic amines) is 1. The smallest absolute Gasteiger partial charge is 0.375 e. The number of carboxylic acid groups (broad SMARTS) is 1. The molecule has 1 rings (SSSR count). The molecule has 1 N–H and O–H groups in total. The summed E-state index contributed by atoms with van der Waals surface area (Å²) in [5.41, 5.74) is 0. The van der Waals surface area contributed by atoms with E-state index in [2.05, 4.69) is 0 Å². The van der Waals surface area contributed by atoms with Gasteiger partial charge in [-0.25, -0.2) is 4.79 Å². The van der Waals surface area contributed by atoms with E-state index in [1.807, 2.05) is 0 Å². The van der Waals surface area contributed by atoms with Crippen molar-refractivity contribution < 1.29 is 23.4 Å². The standard InChI is InChI=1S/C8H13F2NO3/c1-14-6-2-3-11(4-6)5-8(9,10)7(12)13/h6H,2-5H2,1H3,(H,12,13)/t6-/m1/s1. The molecule has 0 aromatic heterocycles. The summed E-state index contributed by atoms with van der Waals surface area (Å²) >= 11 is 0. The van der Waals surface area contributed by atoms with Crippen molar-refractivity contribution in [1.82, 2.24) is 4.90 Å². The number of halogens is 2. The Labute approximate surface area is 80.4 Å². The zero-order chi connectivity index (χ0) is 10.8. The largest absolute Gasteiger partial charge is 0.477 e. The predicted molar refractivity (Wildman–Crippen MR) is 44.4 cm³/mol. The Morgan fingerprint density at radius 2 is 2.36 bits per heavy atom. The van der Waals surface area contributed by atoms with E-state index >= 15 is 0 Å². The Morgan fingerprint density at radius 3 is 2.79 bits per heavy atom. The van der Waals surface area contributed by atoms with Crippen LogP contribution in [0, 0.1) is 0 Å². The maximum absolute atomic E-state index is 12.7. The Hall–Kier alpha value is -0.750. The van der Waals surface area contributed by atoms with Crippen LogP contribution in [0.25, 0.3) is 0 Å². The van der Waals surface area contributed by atoms with Crippen LogP contribution in [0.3, 0.4) is 0 Å². The second-order valence-electron chi connectivity index (χ2n) is 3.39. The molecule has 0 saturated carbocycles. The van der Waals surface area contributed by atoms with Crippen LogP contribution in [0.4, 0.5) is 8.78 Å². The number of hydrogen-bond donors (Lipinski definition) is 1. The minimum absolute atomic E-state index is 0.0559. The van der Waals surface area contributed by atoms with Crippen molar-refractivity contribution in [3.63, 3.8) is 0 Å². The lowest BCUT2D eigenvalue weighted by atomic mass is 10.3. The summed E-state index contributed by atoms with van der Waals surface area (Å²) in [5, 5.41) is 8.22. The van der Waals surface area contributed by atoms with Crippen LogP contribution in [0.2, 0.25) is 0 Å². The topological polar surface area (TPSA) is 49.8 Å². The number of nitrogens with zero attached hydrogens (tertiary/aromatic N) is 1. The van der Waals surface area contributed by atoms with Gasteiger partial charge in [-0.3, -0.25) is 4.90 Å². The van der Waals surface area contributed by atoms with Crippen LogP contribution in [-0.4, -0.2) is 54.7 Å². The highest BCUT2D eigenvalue weighted by Gasteiger charge is 2.42. The van der Waals surface area contributed by atoms with Crippen LogP contribution in [0.15, 0.2) is 0 Å². The van der Waals surface area contributed by atoms with Gasteiger partial charge in [0.05, 0.1) is 12.6 Å². The molecule has 14 heavy (non-hydrogen) atoms. The van der Waals surface area contributed by atoms with Gasteiger partial charge in [-0.15, -0.1) is 0 Å². The number of hydrogen-bond acceptors (Lipinski definition) is 3. The molecule has 0 aromatic carbocycles. The van der Waals surface area contributed by atoms with Crippen LogP contribution < -0.4 is 0 Å². The van der Waals surface area contributed by atoms with Gasteiger partial charge in [-0.05, 0) is 6.42 Å². The minimum atomic E-state index is -3.66. The zero-order valence-electron chi connectivity index (χ0n) is 7.87. The Balaban J connectivity index is 2.42. The van der Waals surface area contributed by atoms with Crippen molar-refractivity contribution in [3.8, 4) is 0 Å². The third-order valence-corrected chi connectivity index (χ3v) is 2.30. The van der Waals surface area contributed by atoms with Gasteiger partial charge in [-0.1, -0.05) is 0 Å². The maximum atomic E-state index is 12.7. The molecule has 1 aliphatic rings. The summed E-state index contributed by atoms with van der Waals surface area (Å²) in [6.07, 6.45) is 0.617. The second kappa shape index (κ2) is 4.18. The third-order valence-electron chi connectivity index (χ3n) is 2.30. The van der Waals surface area contributed by atoms with Crippen molar-refractivity contribution in [2.45, 2.75) is 18.4 Å². The van der Waals surface area contributed by atoms with Gasteiger partial charge in [0.25, 0.3) is 0 Å². The molecule has 0 unspecified atom stereocenters. The normalized spacial score (nSPS) is 24.1. The lowest BCUT2D eigenvalue weighted by Gasteiger charge is -2.19. The molecule has 1 heterocycles. The number of aliphatic carboxylic acids is 1. The van der Waals surface area contributed by atoms with Crippen LogP contribution in [0.1, 0.15) is 6.42 Å². The first-order valence-electron chi connectivity index (χ1n) is 4.32. The molecule has 0 aromatic rings. The lowest BCUT2D eigenvalue weighted by molar-refractivity contribution is -0.167. The third kappa shape index (κ3) is 2.62. The van der Waals surface area contributed by atoms with E-state index in [0.717, 1.165) is 0 Å². The van der Waals surface area contributed by atoms with Crippen LogP contribution in [-0.2, 0) is 9.53 Å². The van der Waals surface area contributed by atoms with E-state index in [9.17, 15) is 13.6 Å². The molecule has 0 radical (unpaired) electrons. The molecule has 4 nitrogen and oxygen atoms in total. The zero-order valence-corrected chi connectivity index (χ0v) is 7.87. The molecular weight excluding hydrogens is 196 g/mol. The molecule has 0 spiro atoms. The monoisotopic (exact) mass is 209 g/mol. The first kappa shape index (κ1) is 11.3. The number of carbonyl (C=O) groups is 1. The molecular formula is C8H13F2NO3. The number of ether oxygens (including phenoxy) is 1. The molecule has 0 amide bonds. The van der Waals surface area contributed by atoms with E-state index < -0.39 is 18.4 Å². The van der Waals surface area contributed by atoms with Gasteiger partial charge in [0.15, 0.2) is 0 Å². The van der Waals surface area contributed by atoms with Gasteiger partial charge in [0.1, 0.15) is 0 Å². The molecule has 1 aliphatic heterocycles. The van der Waals surface area contributed by atoms with Gasteiger partial charge < -0.3 is 9.84 Å². The molecule has 1 atom stereocenters. The van der Waals surface area contributed by atoms with E-state index in [-0.39, 0.29) is 6.10 Å². The average molecular weight is 209 g/mol. The van der Waals surface area contributed by atoms with Gasteiger partial charge in [0.2, 0.25) is 0 Å². The predicted octanol–water partition coefficient (Wildman–Crippen LogP) is 0.427. The van der Waals surface area contributed by atoms with Crippen LogP contribution >= 0.6 is 0 Å². The van der Waals surface area contributed by atoms with Crippen molar-refractivity contribution >= 4 is 5.97 Å². The summed E-state index contributed by atoms with van der Waals surface area (Å²) in [6.45, 7) is 0.100. The summed E-state index contributed by atoms with van der Waals surface area (Å²) in [6, 6.07) is 0. The quantitative estimate of drug-likeness (QED) is 0.729. The fourth-order valence-corrected chi connectivity index (χ4v) is 1.48. The highest BCUT2D eigenvalue weighted by molar-refractivity contribution is 5.75. The minimum Gasteiger partial charge on any atom is -0.477 e. The summed E-state index contributed by atoms with van der Waals surface area (Å²) < 4.78 is 30.5. The molecule has 6 heteroatoms. The Kier molecular flexibility index (Phi) is 3.38. The Morgan fingerprint density at radius 1 is 1.71 bits per heavy atom. The summed E-state index contributed by atoms with van der Waals surface area (Å²) in [5.74, 6) is -5.74. The average Bonchev–Trinajstić information content (AvgIpc) is 2.51. The fourth-order valence-electron chi connectivity index (χ4n) is 1.48. The first-order valence-corrected chi connectivity index (χ1v) is 4.32. The van der Waals surface area contributed by atoms with Crippen molar-refractivity contribution in [1.29, 1.82) is 0 Å². The highest BCUT2D eigenvalue weighted by Crippen LogP contribution is 2.20. The molecule has 0 bridgehead atoms. The van der Waals surface area contributed by atoms with E-state index in [1.165, 1.54) is 12.0 Å². The maximum Gasteiger partial charge on any atom is 0.375 e. The number of alkyl halides is 2. The second-order valence-corrected chi connectivity index (χ2v) is 3.39. The molecule has 82 valence electrons. The van der Waals surface area contributed by atoms with Crippen molar-refractivity contribution in [3.05, 3.63) is 0 Å². The van der Waals surface area contributed by atoms with Crippen molar-refractivity contribution in [2.24, 2.45) is 0 Å². The highest BCUT2D eigenvalue weighted by atomic mass is 19.3. The summed E-state index contributed by atoms with van der Waals surface area (Å²) in [4.78, 5) is 11.6.